The van der Waals surface area contributed by atoms with Crippen LogP contribution in [0.3, 0.4) is 0 Å². The first-order valence-corrected chi connectivity index (χ1v) is 7.79. The lowest BCUT2D eigenvalue weighted by Crippen LogP contribution is -2.49. The molecule has 0 unspecified atom stereocenters. The van der Waals surface area contributed by atoms with Crippen molar-refractivity contribution in [3.8, 4) is 5.75 Å². The Bertz CT molecular complexity index is 534. The molecule has 22 heavy (non-hydrogen) atoms. The number of rotatable bonds is 4. The Balaban J connectivity index is 2.00. The summed E-state index contributed by atoms with van der Waals surface area (Å²) in [5.41, 5.74) is 0.586. The first-order valence-electron chi connectivity index (χ1n) is 7.79. The first kappa shape index (κ1) is 16.3. The second kappa shape index (κ2) is 7.29. The van der Waals surface area contributed by atoms with Gasteiger partial charge in [0.05, 0.1) is 5.69 Å². The first-order chi connectivity index (χ1) is 10.5. The van der Waals surface area contributed by atoms with Crippen LogP contribution >= 0.6 is 0 Å². The van der Waals surface area contributed by atoms with E-state index in [0.717, 1.165) is 12.8 Å². The molecule has 1 aromatic carbocycles. The Morgan fingerprint density at radius 3 is 2.50 bits per heavy atom. The van der Waals surface area contributed by atoms with Gasteiger partial charge in [0, 0.05) is 19.0 Å². The van der Waals surface area contributed by atoms with Gasteiger partial charge in [-0.2, -0.15) is 0 Å². The number of carbonyl (C=O) groups excluding carboxylic acids is 2. The second-order valence-electron chi connectivity index (χ2n) is 5.90. The number of amides is 2. The van der Waals surface area contributed by atoms with Gasteiger partial charge in [-0.1, -0.05) is 12.1 Å². The number of anilines is 1. The maximum absolute atomic E-state index is 12.4. The summed E-state index contributed by atoms with van der Waals surface area (Å²) in [6, 6.07) is 7.65. The zero-order valence-electron chi connectivity index (χ0n) is 13.5. The fourth-order valence-corrected chi connectivity index (χ4v) is 3.01. The standard InChI is InChI=1S/C17H24N2O3/c1-12-7-6-8-13(2)19(12)17(21)11-22-16-10-5-4-9-15(16)18-14(3)20/h4-5,9-10,12-13H,6-8,11H2,1-3H3,(H,18,20)/t12-,13+. The number of hydrogen-bond donors (Lipinski definition) is 1. The van der Waals surface area contributed by atoms with Crippen LogP contribution in [0.25, 0.3) is 0 Å². The molecule has 5 heteroatoms. The maximum atomic E-state index is 12.4. The third-order valence-corrected chi connectivity index (χ3v) is 4.03. The van der Waals surface area contributed by atoms with E-state index in [9.17, 15) is 9.59 Å². The average Bonchev–Trinajstić information content (AvgIpc) is 2.45. The number of para-hydroxylation sites is 2. The predicted octanol–water partition coefficient (Wildman–Crippen LogP) is 2.81. The fraction of sp³-hybridized carbons (Fsp3) is 0.529. The Labute approximate surface area is 131 Å². The second-order valence-corrected chi connectivity index (χ2v) is 5.90. The van der Waals surface area contributed by atoms with Crippen molar-refractivity contribution in [3.05, 3.63) is 24.3 Å². The third kappa shape index (κ3) is 4.00. The van der Waals surface area contributed by atoms with Gasteiger partial charge < -0.3 is 15.0 Å². The molecular weight excluding hydrogens is 280 g/mol. The maximum Gasteiger partial charge on any atom is 0.260 e. The monoisotopic (exact) mass is 304 g/mol. The van der Waals surface area contributed by atoms with E-state index < -0.39 is 0 Å². The number of hydrogen-bond acceptors (Lipinski definition) is 3. The molecule has 1 saturated heterocycles. The largest absolute Gasteiger partial charge is 0.482 e. The molecule has 1 aliphatic rings. The predicted molar refractivity (Wildman–Crippen MR) is 85.9 cm³/mol. The van der Waals surface area contributed by atoms with Crippen molar-refractivity contribution in [1.82, 2.24) is 4.90 Å². The number of benzene rings is 1. The third-order valence-electron chi connectivity index (χ3n) is 4.03. The van der Waals surface area contributed by atoms with E-state index in [4.69, 9.17) is 4.74 Å². The van der Waals surface area contributed by atoms with E-state index >= 15 is 0 Å². The van der Waals surface area contributed by atoms with E-state index in [-0.39, 0.29) is 30.5 Å². The van der Waals surface area contributed by atoms with Gasteiger partial charge >= 0.3 is 0 Å². The Morgan fingerprint density at radius 1 is 1.23 bits per heavy atom. The van der Waals surface area contributed by atoms with Gasteiger partial charge in [0.15, 0.2) is 6.61 Å². The van der Waals surface area contributed by atoms with E-state index in [1.807, 2.05) is 17.0 Å². The van der Waals surface area contributed by atoms with Crippen molar-refractivity contribution in [2.24, 2.45) is 0 Å². The van der Waals surface area contributed by atoms with Crippen LogP contribution in [-0.4, -0.2) is 35.4 Å². The quantitative estimate of drug-likeness (QED) is 0.930. The Kier molecular flexibility index (Phi) is 5.41. The lowest BCUT2D eigenvalue weighted by atomic mass is 9.97. The minimum atomic E-state index is -0.166. The number of ether oxygens (including phenoxy) is 1. The van der Waals surface area contributed by atoms with Crippen LogP contribution in [0.15, 0.2) is 24.3 Å². The molecule has 1 fully saturated rings. The molecule has 0 saturated carbocycles. The Hall–Kier alpha value is -2.04. The van der Waals surface area contributed by atoms with Crippen molar-refractivity contribution < 1.29 is 14.3 Å². The minimum Gasteiger partial charge on any atom is -0.482 e. The highest BCUT2D eigenvalue weighted by molar-refractivity contribution is 5.90. The number of piperidine rings is 1. The van der Waals surface area contributed by atoms with Crippen LogP contribution in [0.5, 0.6) is 5.75 Å². The molecule has 1 heterocycles. The summed E-state index contributed by atoms with van der Waals surface area (Å²) in [6.45, 7) is 5.60. The highest BCUT2D eigenvalue weighted by atomic mass is 16.5. The molecule has 0 aliphatic carbocycles. The molecular formula is C17H24N2O3. The summed E-state index contributed by atoms with van der Waals surface area (Å²) in [5, 5.41) is 2.71. The topological polar surface area (TPSA) is 58.6 Å². The van der Waals surface area contributed by atoms with Crippen LogP contribution in [0.4, 0.5) is 5.69 Å². The highest BCUT2D eigenvalue weighted by Gasteiger charge is 2.29. The minimum absolute atomic E-state index is 0.00247. The summed E-state index contributed by atoms with van der Waals surface area (Å²) >= 11 is 0. The molecule has 1 N–H and O–H groups in total. The van der Waals surface area contributed by atoms with Gasteiger partial charge in [-0.3, -0.25) is 9.59 Å². The SMILES string of the molecule is CC(=O)Nc1ccccc1OCC(=O)N1[C@H](C)CCC[C@@H]1C. The zero-order chi connectivity index (χ0) is 16.1. The molecule has 1 aromatic rings. The summed E-state index contributed by atoms with van der Waals surface area (Å²) in [5.74, 6) is 0.348. The number of likely N-dealkylation sites (tertiary alicyclic amines) is 1. The number of nitrogens with one attached hydrogen (secondary N) is 1. The van der Waals surface area contributed by atoms with Gasteiger partial charge in [-0.05, 0) is 45.2 Å². The fourth-order valence-electron chi connectivity index (χ4n) is 3.01. The molecule has 2 atom stereocenters. The van der Waals surface area contributed by atoms with E-state index in [2.05, 4.69) is 19.2 Å². The van der Waals surface area contributed by atoms with Crippen molar-refractivity contribution >= 4 is 17.5 Å². The molecule has 0 spiro atoms. The lowest BCUT2D eigenvalue weighted by molar-refractivity contribution is -0.139. The van der Waals surface area contributed by atoms with Crippen LogP contribution in [0, 0.1) is 0 Å². The van der Waals surface area contributed by atoms with Crippen molar-refractivity contribution in [2.75, 3.05) is 11.9 Å². The summed E-state index contributed by atoms with van der Waals surface area (Å²) in [4.78, 5) is 25.6. The van der Waals surface area contributed by atoms with E-state index in [1.165, 1.54) is 13.3 Å². The molecule has 120 valence electrons. The average molecular weight is 304 g/mol. The molecule has 0 bridgehead atoms. The van der Waals surface area contributed by atoms with Crippen molar-refractivity contribution in [1.29, 1.82) is 0 Å². The molecule has 1 aliphatic heterocycles. The van der Waals surface area contributed by atoms with Gasteiger partial charge in [0.25, 0.3) is 5.91 Å². The van der Waals surface area contributed by atoms with Gasteiger partial charge in [0.1, 0.15) is 5.75 Å². The summed E-state index contributed by atoms with van der Waals surface area (Å²) in [7, 11) is 0. The van der Waals surface area contributed by atoms with Crippen LogP contribution in [0.2, 0.25) is 0 Å². The molecule has 2 amide bonds. The molecule has 2 rings (SSSR count). The van der Waals surface area contributed by atoms with Gasteiger partial charge in [0.2, 0.25) is 5.91 Å². The van der Waals surface area contributed by atoms with E-state index in [0.29, 0.717) is 11.4 Å². The summed E-state index contributed by atoms with van der Waals surface area (Å²) in [6.07, 6.45) is 3.25. The van der Waals surface area contributed by atoms with Crippen LogP contribution in [0.1, 0.15) is 40.0 Å². The number of carbonyl (C=O) groups is 2. The molecule has 5 nitrogen and oxygen atoms in total. The lowest BCUT2D eigenvalue weighted by Gasteiger charge is -2.39. The van der Waals surface area contributed by atoms with Crippen molar-refractivity contribution in [2.45, 2.75) is 52.1 Å². The zero-order valence-corrected chi connectivity index (χ0v) is 13.5. The van der Waals surface area contributed by atoms with Gasteiger partial charge in [-0.25, -0.2) is 0 Å². The van der Waals surface area contributed by atoms with Crippen molar-refractivity contribution in [3.63, 3.8) is 0 Å². The van der Waals surface area contributed by atoms with Crippen LogP contribution in [-0.2, 0) is 9.59 Å². The summed E-state index contributed by atoms with van der Waals surface area (Å²) < 4.78 is 5.64. The highest BCUT2D eigenvalue weighted by Crippen LogP contribution is 2.25. The molecule has 0 radical (unpaired) electrons. The van der Waals surface area contributed by atoms with Crippen LogP contribution < -0.4 is 10.1 Å². The smallest absolute Gasteiger partial charge is 0.260 e. The normalized spacial score (nSPS) is 21.3. The van der Waals surface area contributed by atoms with E-state index in [1.54, 1.807) is 12.1 Å². The van der Waals surface area contributed by atoms with Gasteiger partial charge in [-0.15, -0.1) is 0 Å². The Morgan fingerprint density at radius 2 is 1.86 bits per heavy atom. The molecule has 0 aromatic heterocycles. The number of nitrogens with zero attached hydrogens (tertiary/aromatic N) is 1.